The van der Waals surface area contributed by atoms with Crippen LogP contribution in [0.25, 0.3) is 0 Å². The number of hydrogen-bond donors (Lipinski definition) is 0. The van der Waals surface area contributed by atoms with Gasteiger partial charge in [-0.1, -0.05) is 55.6 Å². The van der Waals surface area contributed by atoms with E-state index < -0.39 is 0 Å². The molecule has 0 fully saturated rings. The summed E-state index contributed by atoms with van der Waals surface area (Å²) < 4.78 is 14.4. The maximum Gasteiger partial charge on any atom is 0.140 e. The zero-order valence-corrected chi connectivity index (χ0v) is 17.0. The maximum absolute atomic E-state index is 14.4. The SMILES string of the molecule is CCCCCc1ccc(C#Cc2ccc(C#Cc3ccc(C#N)cc3)cc2F)cc1. The van der Waals surface area contributed by atoms with Crippen LogP contribution in [0.2, 0.25) is 0 Å². The summed E-state index contributed by atoms with van der Waals surface area (Å²) in [4.78, 5) is 0. The third-order valence-corrected chi connectivity index (χ3v) is 4.70. The van der Waals surface area contributed by atoms with Crippen molar-refractivity contribution in [2.45, 2.75) is 32.6 Å². The first-order chi connectivity index (χ1) is 14.7. The number of rotatable bonds is 4. The lowest BCUT2D eigenvalue weighted by Gasteiger charge is -2.00. The van der Waals surface area contributed by atoms with E-state index in [0.717, 1.165) is 17.5 Å². The minimum absolute atomic E-state index is 0.353. The highest BCUT2D eigenvalue weighted by atomic mass is 19.1. The first kappa shape index (κ1) is 20.9. The van der Waals surface area contributed by atoms with E-state index in [4.69, 9.17) is 5.26 Å². The average molecular weight is 391 g/mol. The summed E-state index contributed by atoms with van der Waals surface area (Å²) in [6, 6.07) is 22.0. The molecule has 0 saturated heterocycles. The minimum Gasteiger partial charge on any atom is -0.206 e. The van der Waals surface area contributed by atoms with Crippen LogP contribution in [-0.4, -0.2) is 0 Å². The van der Waals surface area contributed by atoms with Gasteiger partial charge in [0.1, 0.15) is 5.82 Å². The molecule has 0 spiro atoms. The summed E-state index contributed by atoms with van der Waals surface area (Å²) in [6.07, 6.45) is 4.75. The van der Waals surface area contributed by atoms with Crippen molar-refractivity contribution < 1.29 is 4.39 Å². The van der Waals surface area contributed by atoms with Crippen molar-refractivity contribution in [2.75, 3.05) is 0 Å². The molecule has 0 bridgehead atoms. The van der Waals surface area contributed by atoms with Gasteiger partial charge in [-0.15, -0.1) is 0 Å². The van der Waals surface area contributed by atoms with E-state index in [-0.39, 0.29) is 5.82 Å². The molecule has 3 aromatic rings. The van der Waals surface area contributed by atoms with Gasteiger partial charge in [-0.05, 0) is 73.0 Å². The second-order valence-electron chi connectivity index (χ2n) is 7.04. The topological polar surface area (TPSA) is 23.8 Å². The van der Waals surface area contributed by atoms with Gasteiger partial charge in [0.15, 0.2) is 0 Å². The van der Waals surface area contributed by atoms with Crippen LogP contribution in [0.3, 0.4) is 0 Å². The van der Waals surface area contributed by atoms with Crippen LogP contribution in [-0.2, 0) is 6.42 Å². The van der Waals surface area contributed by atoms with Gasteiger partial charge in [0.05, 0.1) is 17.2 Å². The quantitative estimate of drug-likeness (QED) is 0.382. The summed E-state index contributed by atoms with van der Waals surface area (Å²) in [5.74, 6) is 11.5. The number of halogens is 1. The van der Waals surface area contributed by atoms with Gasteiger partial charge in [0.25, 0.3) is 0 Å². The standard InChI is InChI=1S/C28H22FN/c1-2-3-4-5-22-6-8-24(9-7-22)16-18-27-19-17-25(20-28(27)29)13-10-23-11-14-26(21-30)15-12-23/h6-9,11-12,14-15,17,19-20H,2-5H2,1H3. The van der Waals surface area contributed by atoms with E-state index in [1.807, 2.05) is 12.1 Å². The second-order valence-corrected chi connectivity index (χ2v) is 7.04. The maximum atomic E-state index is 14.4. The molecular weight excluding hydrogens is 369 g/mol. The highest BCUT2D eigenvalue weighted by Gasteiger charge is 2.00. The second kappa shape index (κ2) is 10.7. The molecule has 0 aliphatic carbocycles. The molecule has 1 nitrogen and oxygen atoms in total. The predicted molar refractivity (Wildman–Crippen MR) is 119 cm³/mol. The van der Waals surface area contributed by atoms with Gasteiger partial charge in [0, 0.05) is 16.7 Å². The molecule has 3 aromatic carbocycles. The molecule has 0 aliphatic heterocycles. The van der Waals surface area contributed by atoms with Crippen LogP contribution in [0, 0.1) is 40.8 Å². The third-order valence-electron chi connectivity index (χ3n) is 4.70. The molecule has 0 aliphatic rings. The highest BCUT2D eigenvalue weighted by molar-refractivity contribution is 5.49. The Bertz CT molecular complexity index is 1160. The molecule has 0 atom stereocenters. The first-order valence-corrected chi connectivity index (χ1v) is 10.1. The fraction of sp³-hybridized carbons (Fsp3) is 0.179. The molecule has 30 heavy (non-hydrogen) atoms. The van der Waals surface area contributed by atoms with Crippen molar-refractivity contribution in [1.29, 1.82) is 5.26 Å². The Morgan fingerprint density at radius 3 is 1.90 bits per heavy atom. The molecule has 0 N–H and O–H groups in total. The summed E-state index contributed by atoms with van der Waals surface area (Å²) in [7, 11) is 0. The number of unbranched alkanes of at least 4 members (excludes halogenated alkanes) is 2. The monoisotopic (exact) mass is 391 g/mol. The van der Waals surface area contributed by atoms with Crippen LogP contribution in [0.5, 0.6) is 0 Å². The molecule has 3 rings (SSSR count). The van der Waals surface area contributed by atoms with E-state index in [0.29, 0.717) is 16.7 Å². The van der Waals surface area contributed by atoms with Crippen LogP contribution in [0.15, 0.2) is 66.7 Å². The fourth-order valence-corrected chi connectivity index (χ4v) is 2.94. The molecule has 0 saturated carbocycles. The highest BCUT2D eigenvalue weighted by Crippen LogP contribution is 2.11. The normalized spacial score (nSPS) is 9.63. The summed E-state index contributed by atoms with van der Waals surface area (Å²) in [5, 5.41) is 8.82. The van der Waals surface area contributed by atoms with E-state index >= 15 is 0 Å². The van der Waals surface area contributed by atoms with Gasteiger partial charge >= 0.3 is 0 Å². The van der Waals surface area contributed by atoms with Crippen molar-refractivity contribution in [3.05, 3.63) is 106 Å². The Labute approximate surface area is 178 Å². The van der Waals surface area contributed by atoms with Crippen LogP contribution in [0.1, 0.15) is 59.6 Å². The van der Waals surface area contributed by atoms with Gasteiger partial charge in [0.2, 0.25) is 0 Å². The van der Waals surface area contributed by atoms with Gasteiger partial charge < -0.3 is 0 Å². The molecule has 0 aromatic heterocycles. The summed E-state index contributed by atoms with van der Waals surface area (Å²) >= 11 is 0. The number of benzene rings is 3. The van der Waals surface area contributed by atoms with Crippen LogP contribution >= 0.6 is 0 Å². The average Bonchev–Trinajstić information content (AvgIpc) is 2.78. The number of nitrogens with zero attached hydrogens (tertiary/aromatic N) is 1. The molecule has 146 valence electrons. The van der Waals surface area contributed by atoms with Crippen molar-refractivity contribution in [3.8, 4) is 29.8 Å². The third kappa shape index (κ3) is 6.10. The Morgan fingerprint density at radius 1 is 0.700 bits per heavy atom. The van der Waals surface area contributed by atoms with Crippen molar-refractivity contribution >= 4 is 0 Å². The smallest absolute Gasteiger partial charge is 0.140 e. The van der Waals surface area contributed by atoms with Gasteiger partial charge in [-0.3, -0.25) is 0 Å². The molecule has 2 heteroatoms. The van der Waals surface area contributed by atoms with E-state index in [1.165, 1.54) is 30.9 Å². The first-order valence-electron chi connectivity index (χ1n) is 10.1. The van der Waals surface area contributed by atoms with E-state index in [2.05, 4.69) is 48.8 Å². The van der Waals surface area contributed by atoms with Gasteiger partial charge in [-0.25, -0.2) is 4.39 Å². The lowest BCUT2D eigenvalue weighted by Crippen LogP contribution is -1.87. The number of nitriles is 1. The van der Waals surface area contributed by atoms with Crippen LogP contribution in [0.4, 0.5) is 4.39 Å². The lowest BCUT2D eigenvalue weighted by atomic mass is 10.1. The van der Waals surface area contributed by atoms with E-state index in [9.17, 15) is 4.39 Å². The van der Waals surface area contributed by atoms with Crippen molar-refractivity contribution in [2.24, 2.45) is 0 Å². The molecule has 0 radical (unpaired) electrons. The zero-order valence-electron chi connectivity index (χ0n) is 17.0. The van der Waals surface area contributed by atoms with Crippen molar-refractivity contribution in [3.63, 3.8) is 0 Å². The predicted octanol–water partition coefficient (Wildman–Crippen LogP) is 6.23. The molecule has 0 amide bonds. The molecule has 0 heterocycles. The van der Waals surface area contributed by atoms with Crippen molar-refractivity contribution in [1.82, 2.24) is 0 Å². The number of hydrogen-bond acceptors (Lipinski definition) is 1. The molecular formula is C28H22FN. The van der Waals surface area contributed by atoms with E-state index in [1.54, 1.807) is 36.4 Å². The minimum atomic E-state index is -0.384. The van der Waals surface area contributed by atoms with Crippen LogP contribution < -0.4 is 0 Å². The Kier molecular flexibility index (Phi) is 7.44. The Morgan fingerprint density at radius 2 is 1.27 bits per heavy atom. The Balaban J connectivity index is 1.68. The summed E-state index contributed by atoms with van der Waals surface area (Å²) in [5.41, 5.74) is 4.48. The zero-order chi connectivity index (χ0) is 21.2. The molecule has 0 unspecified atom stereocenters. The van der Waals surface area contributed by atoms with Gasteiger partial charge in [-0.2, -0.15) is 5.26 Å². The number of aryl methyl sites for hydroxylation is 1. The summed E-state index contributed by atoms with van der Waals surface area (Å²) in [6.45, 7) is 2.20. The Hall–Kier alpha value is -3.80. The largest absolute Gasteiger partial charge is 0.206 e. The fourth-order valence-electron chi connectivity index (χ4n) is 2.94. The lowest BCUT2D eigenvalue weighted by molar-refractivity contribution is 0.624.